The molecule has 0 radical (unpaired) electrons. The Morgan fingerprint density at radius 2 is 2.17 bits per heavy atom. The zero-order valence-electron chi connectivity index (χ0n) is 10.1. The molecule has 0 spiro atoms. The third-order valence-corrected chi connectivity index (χ3v) is 4.61. The third-order valence-electron chi connectivity index (χ3n) is 3.28. The molecule has 1 saturated heterocycles. The molecule has 0 bridgehead atoms. The second kappa shape index (κ2) is 4.07. The molecule has 96 valence electrons. The maximum atomic E-state index is 12.0. The van der Waals surface area contributed by atoms with Gasteiger partial charge in [-0.05, 0) is 19.1 Å². The zero-order chi connectivity index (χ0) is 12.8. The summed E-state index contributed by atoms with van der Waals surface area (Å²) in [6.45, 7) is 4.50. The molecular weight excluding hydrogens is 250 g/mol. The maximum absolute atomic E-state index is 12.0. The summed E-state index contributed by atoms with van der Waals surface area (Å²) < 4.78 is 27.8. The summed E-state index contributed by atoms with van der Waals surface area (Å²) in [6, 6.07) is 7.37. The first-order chi connectivity index (χ1) is 8.58. The smallest absolute Gasteiger partial charge is 0.285 e. The molecule has 1 aromatic carbocycles. The molecule has 0 amide bonds. The second-order valence-electron chi connectivity index (χ2n) is 4.69. The lowest BCUT2D eigenvalue weighted by Crippen LogP contribution is -2.51. The summed E-state index contributed by atoms with van der Waals surface area (Å²) >= 11 is 0. The summed E-state index contributed by atoms with van der Waals surface area (Å²) in [5.74, 6) is 0.596. The van der Waals surface area contributed by atoms with Gasteiger partial charge in [-0.25, -0.2) is 0 Å². The van der Waals surface area contributed by atoms with Crippen LogP contribution in [0.5, 0.6) is 0 Å². The van der Waals surface area contributed by atoms with Crippen LogP contribution < -0.4 is 5.32 Å². The highest BCUT2D eigenvalue weighted by atomic mass is 32.2. The topological polar surface area (TPSA) is 61.8 Å². The van der Waals surface area contributed by atoms with E-state index in [0.29, 0.717) is 16.8 Å². The average molecular weight is 265 g/mol. The molecule has 0 aliphatic carbocycles. The quantitative estimate of drug-likeness (QED) is 0.739. The molecule has 6 heteroatoms. The van der Waals surface area contributed by atoms with Gasteiger partial charge >= 0.3 is 0 Å². The van der Waals surface area contributed by atoms with Crippen LogP contribution in [0.4, 0.5) is 0 Å². The highest BCUT2D eigenvalue weighted by Crippen LogP contribution is 2.27. The predicted octanol–water partition coefficient (Wildman–Crippen LogP) is 0.429. The van der Waals surface area contributed by atoms with Gasteiger partial charge in [-0.15, -0.1) is 4.40 Å². The largest absolute Gasteiger partial charge is 0.353 e. The van der Waals surface area contributed by atoms with E-state index in [9.17, 15) is 8.42 Å². The average Bonchev–Trinajstić information content (AvgIpc) is 2.63. The van der Waals surface area contributed by atoms with Crippen molar-refractivity contribution in [3.63, 3.8) is 0 Å². The van der Waals surface area contributed by atoms with Gasteiger partial charge in [-0.2, -0.15) is 8.42 Å². The van der Waals surface area contributed by atoms with Crippen molar-refractivity contribution in [1.82, 2.24) is 10.2 Å². The second-order valence-corrected chi connectivity index (χ2v) is 6.26. The van der Waals surface area contributed by atoms with Crippen molar-refractivity contribution < 1.29 is 8.42 Å². The van der Waals surface area contributed by atoms with Gasteiger partial charge in [0.1, 0.15) is 4.90 Å². The van der Waals surface area contributed by atoms with E-state index in [1.165, 1.54) is 0 Å². The summed E-state index contributed by atoms with van der Waals surface area (Å²) in [5, 5.41) is 3.33. The molecule has 5 nitrogen and oxygen atoms in total. The number of benzene rings is 1. The van der Waals surface area contributed by atoms with Crippen LogP contribution in [0.2, 0.25) is 0 Å². The van der Waals surface area contributed by atoms with Gasteiger partial charge in [-0.3, -0.25) is 0 Å². The number of hydrogen-bond acceptors (Lipinski definition) is 4. The molecule has 2 aliphatic heterocycles. The molecule has 0 aromatic heterocycles. The van der Waals surface area contributed by atoms with Crippen molar-refractivity contribution in [3.05, 3.63) is 29.8 Å². The molecule has 0 unspecified atom stereocenters. The van der Waals surface area contributed by atoms with Gasteiger partial charge in [0.05, 0.1) is 0 Å². The number of amidine groups is 1. The summed E-state index contributed by atoms with van der Waals surface area (Å²) in [6.07, 6.45) is 0. The van der Waals surface area contributed by atoms with Crippen LogP contribution in [0.15, 0.2) is 33.6 Å². The number of sulfonamides is 1. The molecule has 18 heavy (non-hydrogen) atoms. The van der Waals surface area contributed by atoms with Crippen molar-refractivity contribution in [1.29, 1.82) is 0 Å². The Hall–Kier alpha value is -1.40. The Morgan fingerprint density at radius 3 is 2.94 bits per heavy atom. The number of rotatable bonds is 0. The van der Waals surface area contributed by atoms with Crippen molar-refractivity contribution in [2.24, 2.45) is 4.40 Å². The van der Waals surface area contributed by atoms with E-state index in [0.717, 1.165) is 25.2 Å². The first kappa shape index (κ1) is 11.7. The molecule has 3 rings (SSSR count). The third kappa shape index (κ3) is 1.81. The molecule has 2 heterocycles. The number of nitrogens with zero attached hydrogens (tertiary/aromatic N) is 2. The van der Waals surface area contributed by atoms with Crippen LogP contribution in [-0.4, -0.2) is 44.8 Å². The minimum Gasteiger partial charge on any atom is -0.353 e. The highest BCUT2D eigenvalue weighted by molar-refractivity contribution is 7.90. The van der Waals surface area contributed by atoms with Crippen LogP contribution in [0.25, 0.3) is 0 Å². The van der Waals surface area contributed by atoms with Gasteiger partial charge in [0, 0.05) is 31.2 Å². The van der Waals surface area contributed by atoms with Crippen molar-refractivity contribution in [2.45, 2.75) is 17.9 Å². The Labute approximate surface area is 107 Å². The zero-order valence-corrected chi connectivity index (χ0v) is 10.9. The van der Waals surface area contributed by atoms with Gasteiger partial charge in [0.25, 0.3) is 10.0 Å². The standard InChI is InChI=1S/C12H15N3O2S/c1-9-8-15(7-6-13-9)12-10-4-2-3-5-11(10)18(16,17)14-12/h2-5,9,13H,6-8H2,1H3/t9-/m1/s1. The first-order valence-corrected chi connectivity index (χ1v) is 7.44. The van der Waals surface area contributed by atoms with Gasteiger partial charge in [0.2, 0.25) is 0 Å². The Balaban J connectivity index is 2.04. The summed E-state index contributed by atoms with van der Waals surface area (Å²) in [7, 11) is -3.50. The van der Waals surface area contributed by atoms with Crippen LogP contribution in [0.1, 0.15) is 12.5 Å². The van der Waals surface area contributed by atoms with Crippen LogP contribution >= 0.6 is 0 Å². The molecule has 1 N–H and O–H groups in total. The predicted molar refractivity (Wildman–Crippen MR) is 69.2 cm³/mol. The number of nitrogens with one attached hydrogen (secondary N) is 1. The SMILES string of the molecule is C[C@@H]1CN(C2=NS(=O)(=O)c3ccccc32)CCN1. The van der Waals surface area contributed by atoms with Crippen LogP contribution in [-0.2, 0) is 10.0 Å². The highest BCUT2D eigenvalue weighted by Gasteiger charge is 2.32. The van der Waals surface area contributed by atoms with E-state index in [-0.39, 0.29) is 0 Å². The molecule has 1 aromatic rings. The normalized spacial score (nSPS) is 25.7. The minimum atomic E-state index is -3.50. The molecule has 1 fully saturated rings. The van der Waals surface area contributed by atoms with E-state index >= 15 is 0 Å². The Bertz CT molecular complexity index is 610. The number of fused-ring (bicyclic) bond motifs is 1. The lowest BCUT2D eigenvalue weighted by Gasteiger charge is -2.33. The molecular formula is C12H15N3O2S. The molecule has 0 saturated carbocycles. The van der Waals surface area contributed by atoms with Gasteiger partial charge in [0.15, 0.2) is 5.84 Å². The lowest BCUT2D eigenvalue weighted by molar-refractivity contribution is 0.304. The monoisotopic (exact) mass is 265 g/mol. The minimum absolute atomic E-state index is 0.325. The van der Waals surface area contributed by atoms with E-state index in [2.05, 4.69) is 16.6 Å². The van der Waals surface area contributed by atoms with Gasteiger partial charge < -0.3 is 10.2 Å². The van der Waals surface area contributed by atoms with Crippen molar-refractivity contribution in [3.8, 4) is 0 Å². The van der Waals surface area contributed by atoms with Crippen LogP contribution in [0, 0.1) is 0 Å². The van der Waals surface area contributed by atoms with E-state index in [1.807, 2.05) is 17.0 Å². The number of hydrogen-bond donors (Lipinski definition) is 1. The fraction of sp³-hybridized carbons (Fsp3) is 0.417. The fourth-order valence-electron chi connectivity index (χ4n) is 2.44. The molecule has 2 aliphatic rings. The summed E-state index contributed by atoms with van der Waals surface area (Å²) in [5.41, 5.74) is 0.728. The Morgan fingerprint density at radius 1 is 1.39 bits per heavy atom. The van der Waals surface area contributed by atoms with Crippen molar-refractivity contribution >= 4 is 15.9 Å². The summed E-state index contributed by atoms with van der Waals surface area (Å²) in [4.78, 5) is 2.37. The van der Waals surface area contributed by atoms with E-state index < -0.39 is 10.0 Å². The fourth-order valence-corrected chi connectivity index (χ4v) is 3.67. The van der Waals surface area contributed by atoms with Gasteiger partial charge in [-0.1, -0.05) is 12.1 Å². The maximum Gasteiger partial charge on any atom is 0.285 e. The first-order valence-electron chi connectivity index (χ1n) is 6.00. The van der Waals surface area contributed by atoms with E-state index in [1.54, 1.807) is 12.1 Å². The van der Waals surface area contributed by atoms with E-state index in [4.69, 9.17) is 0 Å². The van der Waals surface area contributed by atoms with Crippen molar-refractivity contribution in [2.75, 3.05) is 19.6 Å². The number of piperazine rings is 1. The lowest BCUT2D eigenvalue weighted by atomic mass is 10.1. The van der Waals surface area contributed by atoms with Crippen LogP contribution in [0.3, 0.4) is 0 Å². The Kier molecular flexibility index (Phi) is 2.64. The molecule has 1 atom stereocenters.